The first-order valence-electron chi connectivity index (χ1n) is 15.8. The number of hydrogen-bond donors (Lipinski definition) is 0. The minimum atomic E-state index is -4.75. The van der Waals surface area contributed by atoms with E-state index in [1.165, 1.54) is 17.2 Å². The third-order valence-electron chi connectivity index (χ3n) is 11.0. The van der Waals surface area contributed by atoms with Crippen LogP contribution in [0.2, 0.25) is 0 Å². The lowest BCUT2D eigenvalue weighted by atomic mass is 9.59. The average Bonchev–Trinajstić information content (AvgIpc) is 3.67. The lowest BCUT2D eigenvalue weighted by Gasteiger charge is -2.44. The molecule has 0 aromatic heterocycles. The standard InChI is InChI=1S/C34H30O11S2/c35-33(23-15-22-16-7-1-5-11-20(16)26(23)21-12-6-2-8-17(21)22)44-29-28-27(32-31(43-28)30(29)45-47(32,40)41)34(36)42-24-13-14-25(46(37,38)39)19-10-4-3-9-18(19)24/h1-2,5-8,11-14,22-23,26-32H,3-4,9-10,15H2,(H,37,38,39)/p-1. The summed E-state index contributed by atoms with van der Waals surface area (Å²) in [6.07, 6.45) is -1.79. The van der Waals surface area contributed by atoms with E-state index in [0.717, 1.165) is 17.2 Å². The van der Waals surface area contributed by atoms with Gasteiger partial charge in [0.25, 0.3) is 10.1 Å². The smallest absolute Gasteiger partial charge is 0.318 e. The Bertz CT molecular complexity index is 2040. The third kappa shape index (κ3) is 4.26. The summed E-state index contributed by atoms with van der Waals surface area (Å²) < 4.78 is 85.4. The van der Waals surface area contributed by atoms with Gasteiger partial charge < -0.3 is 18.8 Å². The van der Waals surface area contributed by atoms with Crippen molar-refractivity contribution in [2.45, 2.75) is 78.5 Å². The van der Waals surface area contributed by atoms with Gasteiger partial charge in [-0.3, -0.25) is 13.8 Å². The molecular weight excluding hydrogens is 648 g/mol. The van der Waals surface area contributed by atoms with Crippen LogP contribution in [0, 0.1) is 11.8 Å². The first kappa shape index (κ1) is 29.5. The van der Waals surface area contributed by atoms with Crippen LogP contribution in [-0.4, -0.2) is 63.0 Å². The summed E-state index contributed by atoms with van der Waals surface area (Å²) >= 11 is 0. The fraction of sp³-hybridized carbons (Fsp3) is 0.412. The van der Waals surface area contributed by atoms with E-state index < -0.39 is 73.7 Å². The first-order chi connectivity index (χ1) is 22.5. The Morgan fingerprint density at radius 1 is 0.809 bits per heavy atom. The van der Waals surface area contributed by atoms with Gasteiger partial charge in [-0.2, -0.15) is 8.42 Å². The molecule has 4 bridgehead atoms. The summed E-state index contributed by atoms with van der Waals surface area (Å²) in [6, 6.07) is 18.5. The quantitative estimate of drug-likeness (QED) is 0.169. The lowest BCUT2D eigenvalue weighted by molar-refractivity contribution is -0.165. The number of rotatable bonds is 5. The Labute approximate surface area is 271 Å². The molecule has 3 aromatic rings. The maximum atomic E-state index is 14.0. The second kappa shape index (κ2) is 10.2. The van der Waals surface area contributed by atoms with Crippen LogP contribution < -0.4 is 4.74 Å². The molecule has 0 amide bonds. The normalized spacial score (nSPS) is 33.5. The van der Waals surface area contributed by atoms with E-state index in [2.05, 4.69) is 12.1 Å². The van der Waals surface area contributed by atoms with Crippen molar-refractivity contribution in [1.29, 1.82) is 0 Å². The number of carbonyl (C=O) groups excluding carboxylic acids is 2. The van der Waals surface area contributed by atoms with Crippen molar-refractivity contribution in [1.82, 2.24) is 0 Å². The molecule has 0 spiro atoms. The minimum absolute atomic E-state index is 0.00497. The Hall–Kier alpha value is -3.62. The van der Waals surface area contributed by atoms with E-state index in [1.54, 1.807) is 0 Å². The summed E-state index contributed by atoms with van der Waals surface area (Å²) in [5.74, 6) is -3.49. The van der Waals surface area contributed by atoms with Gasteiger partial charge in [-0.15, -0.1) is 0 Å². The van der Waals surface area contributed by atoms with Crippen LogP contribution in [0.3, 0.4) is 0 Å². The van der Waals surface area contributed by atoms with Crippen LogP contribution in [0.1, 0.15) is 64.5 Å². The number of fused-ring (bicyclic) bond motifs is 3. The summed E-state index contributed by atoms with van der Waals surface area (Å²) in [4.78, 5) is 27.5. The highest BCUT2D eigenvalue weighted by Gasteiger charge is 2.74. The molecule has 7 unspecified atom stereocenters. The molecule has 7 aliphatic rings. The van der Waals surface area contributed by atoms with Gasteiger partial charge >= 0.3 is 11.9 Å². The molecule has 4 aliphatic carbocycles. The second-order valence-electron chi connectivity index (χ2n) is 13.2. The molecule has 3 saturated heterocycles. The highest BCUT2D eigenvalue weighted by molar-refractivity contribution is 7.87. The van der Waals surface area contributed by atoms with Gasteiger partial charge in [-0.1, -0.05) is 48.5 Å². The monoisotopic (exact) mass is 677 g/mol. The topological polar surface area (TPSA) is 162 Å². The van der Waals surface area contributed by atoms with Gasteiger partial charge in [0.15, 0.2) is 6.10 Å². The Morgan fingerprint density at radius 2 is 1.45 bits per heavy atom. The van der Waals surface area contributed by atoms with Crippen LogP contribution in [-0.2, 0) is 56.3 Å². The average molecular weight is 678 g/mol. The molecule has 0 N–H and O–H groups in total. The SMILES string of the molecule is O=C(OC1C2OS(=O)(=O)C3C2OC1C3C(=O)Oc1ccc(S(=O)(=O)[O-])c2c1CCCC2)C1CC2c3ccccc3C1c1ccccc12. The number of esters is 2. The fourth-order valence-electron chi connectivity index (χ4n) is 9.13. The van der Waals surface area contributed by atoms with E-state index in [1.807, 2.05) is 36.4 Å². The van der Waals surface area contributed by atoms with Gasteiger partial charge in [-0.05, 0) is 77.6 Å². The molecule has 10 rings (SSSR count). The Kier molecular flexibility index (Phi) is 6.40. The number of carbonyl (C=O) groups is 2. The zero-order valence-corrected chi connectivity index (χ0v) is 26.4. The van der Waals surface area contributed by atoms with Gasteiger partial charge in [0.1, 0.15) is 45.3 Å². The molecule has 3 aromatic carbocycles. The zero-order valence-electron chi connectivity index (χ0n) is 24.8. The van der Waals surface area contributed by atoms with Crippen LogP contribution in [0.5, 0.6) is 5.75 Å². The van der Waals surface area contributed by atoms with E-state index in [9.17, 15) is 31.0 Å². The fourth-order valence-corrected chi connectivity index (χ4v) is 11.7. The van der Waals surface area contributed by atoms with Crippen molar-refractivity contribution in [3.63, 3.8) is 0 Å². The first-order valence-corrected chi connectivity index (χ1v) is 18.7. The number of hydrogen-bond acceptors (Lipinski definition) is 11. The van der Waals surface area contributed by atoms with Crippen molar-refractivity contribution >= 4 is 32.2 Å². The number of ether oxygens (including phenoxy) is 3. The molecule has 13 heteroatoms. The number of benzene rings is 3. The predicted octanol–water partition coefficient (Wildman–Crippen LogP) is 3.08. The van der Waals surface area contributed by atoms with Crippen molar-refractivity contribution in [3.05, 3.63) is 94.0 Å². The molecule has 3 heterocycles. The molecular formula is C34H29O11S2-. The highest BCUT2D eigenvalue weighted by Crippen LogP contribution is 2.57. The highest BCUT2D eigenvalue weighted by atomic mass is 32.2. The van der Waals surface area contributed by atoms with Crippen LogP contribution >= 0.6 is 0 Å². The summed E-state index contributed by atoms with van der Waals surface area (Å²) in [5, 5.41) is -1.35. The zero-order chi connectivity index (χ0) is 32.4. The molecule has 0 saturated carbocycles. The summed E-state index contributed by atoms with van der Waals surface area (Å²) in [6.45, 7) is 0. The minimum Gasteiger partial charge on any atom is -0.744 e. The maximum absolute atomic E-state index is 14.0. The molecule has 3 fully saturated rings. The van der Waals surface area contributed by atoms with E-state index in [0.29, 0.717) is 43.2 Å². The van der Waals surface area contributed by atoms with Gasteiger partial charge in [0, 0.05) is 11.8 Å². The summed E-state index contributed by atoms with van der Waals surface area (Å²) in [7, 11) is -9.03. The van der Waals surface area contributed by atoms with Crippen molar-refractivity contribution in [3.8, 4) is 5.75 Å². The van der Waals surface area contributed by atoms with Gasteiger partial charge in [0.2, 0.25) is 0 Å². The second-order valence-corrected chi connectivity index (χ2v) is 16.3. The van der Waals surface area contributed by atoms with Gasteiger partial charge in [-0.25, -0.2) is 8.42 Å². The van der Waals surface area contributed by atoms with Crippen LogP contribution in [0.15, 0.2) is 65.6 Å². The van der Waals surface area contributed by atoms with E-state index in [4.69, 9.17) is 18.4 Å². The largest absolute Gasteiger partial charge is 0.744 e. The van der Waals surface area contributed by atoms with Gasteiger partial charge in [0.05, 0.1) is 10.8 Å². The third-order valence-corrected chi connectivity index (χ3v) is 13.6. The molecule has 7 atom stereocenters. The molecule has 0 radical (unpaired) electrons. The van der Waals surface area contributed by atoms with Crippen molar-refractivity contribution in [2.24, 2.45) is 11.8 Å². The summed E-state index contributed by atoms with van der Waals surface area (Å²) in [5.41, 5.74) is 5.24. The van der Waals surface area contributed by atoms with Crippen LogP contribution in [0.25, 0.3) is 0 Å². The molecule has 3 aliphatic heterocycles. The van der Waals surface area contributed by atoms with Crippen LogP contribution in [0.4, 0.5) is 0 Å². The van der Waals surface area contributed by atoms with Crippen molar-refractivity contribution in [2.75, 3.05) is 0 Å². The molecule has 244 valence electrons. The Morgan fingerprint density at radius 3 is 2.11 bits per heavy atom. The van der Waals surface area contributed by atoms with E-state index in [-0.39, 0.29) is 22.5 Å². The predicted molar refractivity (Wildman–Crippen MR) is 161 cm³/mol. The van der Waals surface area contributed by atoms with E-state index >= 15 is 0 Å². The maximum Gasteiger partial charge on any atom is 0.318 e. The molecule has 11 nitrogen and oxygen atoms in total. The molecule has 47 heavy (non-hydrogen) atoms. The lowest BCUT2D eigenvalue weighted by Crippen LogP contribution is -2.51. The van der Waals surface area contributed by atoms with Crippen molar-refractivity contribution < 1.29 is 49.4 Å². The Balaban J connectivity index is 1.02.